The number of piperidine rings is 1. The van der Waals surface area contributed by atoms with E-state index in [1.807, 2.05) is 0 Å². The molecule has 0 saturated carbocycles. The molecule has 0 aliphatic carbocycles. The molecule has 0 aromatic carbocycles. The van der Waals surface area contributed by atoms with Crippen LogP contribution in [0.5, 0.6) is 0 Å². The summed E-state index contributed by atoms with van der Waals surface area (Å²) in [5.74, 6) is 0. The van der Waals surface area contributed by atoms with Crippen molar-refractivity contribution in [3.8, 4) is 0 Å². The number of nitrogens with zero attached hydrogens (tertiary/aromatic N) is 1. The molecule has 0 spiro atoms. The minimum atomic E-state index is 0.563. The van der Waals surface area contributed by atoms with Gasteiger partial charge in [-0.2, -0.15) is 0 Å². The van der Waals surface area contributed by atoms with Crippen LogP contribution in [-0.4, -0.2) is 23.1 Å². The first-order chi connectivity index (χ1) is 5.61. The van der Waals surface area contributed by atoms with Gasteiger partial charge in [0.15, 0.2) is 0 Å². The van der Waals surface area contributed by atoms with Crippen molar-refractivity contribution in [2.75, 3.05) is 0 Å². The van der Waals surface area contributed by atoms with Gasteiger partial charge >= 0.3 is 0 Å². The van der Waals surface area contributed by atoms with E-state index in [1.165, 1.54) is 19.3 Å². The highest BCUT2D eigenvalue weighted by atomic mass is 15.5. The summed E-state index contributed by atoms with van der Waals surface area (Å²) in [4.78, 5) is 0. The lowest BCUT2D eigenvalue weighted by molar-refractivity contribution is 0.0351. The fourth-order valence-corrected chi connectivity index (χ4v) is 1.97. The van der Waals surface area contributed by atoms with E-state index >= 15 is 0 Å². The summed E-state index contributed by atoms with van der Waals surface area (Å²) in [7, 11) is 0. The van der Waals surface area contributed by atoms with Crippen molar-refractivity contribution >= 4 is 0 Å². The maximum absolute atomic E-state index is 3.51. The van der Waals surface area contributed by atoms with Crippen LogP contribution in [-0.2, 0) is 0 Å². The highest BCUT2D eigenvalue weighted by Crippen LogP contribution is 2.20. The molecular weight excluding hydrogens is 148 g/mol. The summed E-state index contributed by atoms with van der Waals surface area (Å²) in [6, 6.07) is 1.97. The van der Waals surface area contributed by atoms with Gasteiger partial charge in [-0.15, -0.1) is 0 Å². The Kier molecular flexibility index (Phi) is 3.53. The highest BCUT2D eigenvalue weighted by Gasteiger charge is 2.24. The number of hydrazine groups is 1. The van der Waals surface area contributed by atoms with Gasteiger partial charge in [-0.25, -0.2) is 5.01 Å². The molecule has 2 nitrogen and oxygen atoms in total. The summed E-state index contributed by atoms with van der Waals surface area (Å²) >= 11 is 0. The minimum Gasteiger partial charge on any atom is -0.252 e. The van der Waals surface area contributed by atoms with Crippen molar-refractivity contribution in [3.05, 3.63) is 0 Å². The Hall–Kier alpha value is -0.0800. The summed E-state index contributed by atoms with van der Waals surface area (Å²) in [6.07, 6.45) is 4.06. The Balaban J connectivity index is 2.45. The normalized spacial score (nSPS) is 32.8. The molecule has 0 aromatic rings. The first-order valence-corrected chi connectivity index (χ1v) is 5.15. The Bertz CT molecular complexity index is 124. The first-order valence-electron chi connectivity index (χ1n) is 5.15. The van der Waals surface area contributed by atoms with E-state index < -0.39 is 0 Å². The zero-order chi connectivity index (χ0) is 9.14. The van der Waals surface area contributed by atoms with E-state index in [2.05, 4.69) is 38.1 Å². The van der Waals surface area contributed by atoms with Crippen LogP contribution in [0.15, 0.2) is 0 Å². The fraction of sp³-hybridized carbons (Fsp3) is 1.00. The molecule has 1 aliphatic rings. The second kappa shape index (κ2) is 4.24. The number of rotatable bonds is 2. The van der Waals surface area contributed by atoms with Gasteiger partial charge in [-0.05, 0) is 40.5 Å². The van der Waals surface area contributed by atoms with Crippen LogP contribution in [0.25, 0.3) is 0 Å². The van der Waals surface area contributed by atoms with Crippen LogP contribution >= 0.6 is 0 Å². The summed E-state index contributed by atoms with van der Waals surface area (Å²) in [5, 5.41) is 2.42. The molecule has 1 saturated heterocycles. The predicted molar refractivity (Wildman–Crippen MR) is 52.9 cm³/mol. The third kappa shape index (κ3) is 2.46. The third-order valence-corrected chi connectivity index (χ3v) is 2.60. The fourth-order valence-electron chi connectivity index (χ4n) is 1.97. The summed E-state index contributed by atoms with van der Waals surface area (Å²) in [6.45, 7) is 9.03. The van der Waals surface area contributed by atoms with Crippen LogP contribution in [0.3, 0.4) is 0 Å². The second-order valence-electron chi connectivity index (χ2n) is 4.32. The first kappa shape index (κ1) is 10.0. The molecule has 1 rings (SSSR count). The maximum Gasteiger partial charge on any atom is 0.0218 e. The van der Waals surface area contributed by atoms with Crippen LogP contribution < -0.4 is 5.43 Å². The van der Waals surface area contributed by atoms with Crippen LogP contribution in [0.4, 0.5) is 0 Å². The standard InChI is InChI=1S/C10H22N2/c1-8(2)11-12-9(3)6-5-7-10(12)4/h8-11H,5-7H2,1-4H3/t9-,10+. The molecule has 2 heteroatoms. The van der Waals surface area contributed by atoms with Crippen LogP contribution in [0.2, 0.25) is 0 Å². The Labute approximate surface area is 76.3 Å². The molecule has 0 radical (unpaired) electrons. The van der Waals surface area contributed by atoms with Gasteiger partial charge in [0.25, 0.3) is 0 Å². The highest BCUT2D eigenvalue weighted by molar-refractivity contribution is 4.77. The van der Waals surface area contributed by atoms with Crippen molar-refractivity contribution in [1.82, 2.24) is 10.4 Å². The number of nitrogens with one attached hydrogen (secondary N) is 1. The largest absolute Gasteiger partial charge is 0.252 e. The Morgan fingerprint density at radius 1 is 1.17 bits per heavy atom. The molecule has 72 valence electrons. The summed E-state index contributed by atoms with van der Waals surface area (Å²) in [5.41, 5.74) is 3.51. The zero-order valence-electron chi connectivity index (χ0n) is 8.80. The van der Waals surface area contributed by atoms with Gasteiger partial charge in [-0.3, -0.25) is 5.43 Å². The quantitative estimate of drug-likeness (QED) is 0.683. The number of hydrogen-bond acceptors (Lipinski definition) is 2. The molecule has 2 atom stereocenters. The summed E-state index contributed by atoms with van der Waals surface area (Å²) < 4.78 is 0. The average molecular weight is 170 g/mol. The maximum atomic E-state index is 3.51. The lowest BCUT2D eigenvalue weighted by Crippen LogP contribution is -2.54. The lowest BCUT2D eigenvalue weighted by atomic mass is 10.00. The number of hydrogen-bond donors (Lipinski definition) is 1. The molecule has 0 aromatic heterocycles. The van der Waals surface area contributed by atoms with Crippen LogP contribution in [0.1, 0.15) is 47.0 Å². The molecule has 1 aliphatic heterocycles. The smallest absolute Gasteiger partial charge is 0.0218 e. The lowest BCUT2D eigenvalue weighted by Gasteiger charge is -2.40. The molecule has 0 unspecified atom stereocenters. The molecule has 0 amide bonds. The van der Waals surface area contributed by atoms with Gasteiger partial charge in [-0.1, -0.05) is 6.42 Å². The Morgan fingerprint density at radius 2 is 1.67 bits per heavy atom. The van der Waals surface area contributed by atoms with Crippen molar-refractivity contribution in [2.24, 2.45) is 0 Å². The van der Waals surface area contributed by atoms with Crippen molar-refractivity contribution in [2.45, 2.75) is 65.1 Å². The zero-order valence-corrected chi connectivity index (χ0v) is 8.80. The molecular formula is C10H22N2. The van der Waals surface area contributed by atoms with E-state index in [4.69, 9.17) is 0 Å². The topological polar surface area (TPSA) is 15.3 Å². The monoisotopic (exact) mass is 170 g/mol. The van der Waals surface area contributed by atoms with E-state index in [9.17, 15) is 0 Å². The van der Waals surface area contributed by atoms with Gasteiger partial charge in [0.2, 0.25) is 0 Å². The molecule has 12 heavy (non-hydrogen) atoms. The minimum absolute atomic E-state index is 0.563. The second-order valence-corrected chi connectivity index (χ2v) is 4.32. The van der Waals surface area contributed by atoms with Crippen LogP contribution in [0, 0.1) is 0 Å². The van der Waals surface area contributed by atoms with Gasteiger partial charge in [0.05, 0.1) is 0 Å². The van der Waals surface area contributed by atoms with E-state index in [0.29, 0.717) is 18.1 Å². The van der Waals surface area contributed by atoms with E-state index in [-0.39, 0.29) is 0 Å². The van der Waals surface area contributed by atoms with Crippen molar-refractivity contribution in [1.29, 1.82) is 0 Å². The SMILES string of the molecule is CC(C)NN1[C@H](C)CCC[C@@H]1C. The predicted octanol–water partition coefficient (Wildman–Crippen LogP) is 2.16. The molecule has 0 bridgehead atoms. The van der Waals surface area contributed by atoms with Gasteiger partial charge in [0.1, 0.15) is 0 Å². The van der Waals surface area contributed by atoms with Gasteiger partial charge in [0, 0.05) is 18.1 Å². The Morgan fingerprint density at radius 3 is 2.08 bits per heavy atom. The third-order valence-electron chi connectivity index (χ3n) is 2.60. The average Bonchev–Trinajstić information content (AvgIpc) is 1.97. The molecule has 1 N–H and O–H groups in total. The molecule has 1 heterocycles. The van der Waals surface area contributed by atoms with Crippen molar-refractivity contribution < 1.29 is 0 Å². The van der Waals surface area contributed by atoms with E-state index in [0.717, 1.165) is 0 Å². The van der Waals surface area contributed by atoms with Crippen molar-refractivity contribution in [3.63, 3.8) is 0 Å². The van der Waals surface area contributed by atoms with E-state index in [1.54, 1.807) is 0 Å². The van der Waals surface area contributed by atoms with Gasteiger partial charge < -0.3 is 0 Å². The molecule has 1 fully saturated rings.